The normalized spacial score (nSPS) is 14.0. The first-order valence-electron chi connectivity index (χ1n) is 9.68. The number of amides is 1. The lowest BCUT2D eigenvalue weighted by atomic mass is 10.2. The SMILES string of the molecule is O=C(C#Cc1ccc(Cl)cc1Cl)Nc1ccc2c(ccn2CCN2CCCC2)c1. The Labute approximate surface area is 180 Å². The number of nitrogens with zero attached hydrogens (tertiary/aromatic N) is 2. The maximum atomic E-state index is 12.2. The lowest BCUT2D eigenvalue weighted by Gasteiger charge is -2.15. The smallest absolute Gasteiger partial charge is 0.300 e. The highest BCUT2D eigenvalue weighted by molar-refractivity contribution is 6.35. The van der Waals surface area contributed by atoms with E-state index in [0.29, 0.717) is 15.6 Å². The van der Waals surface area contributed by atoms with Crippen molar-refractivity contribution in [1.29, 1.82) is 0 Å². The zero-order chi connectivity index (χ0) is 20.2. The number of benzene rings is 2. The second-order valence-electron chi connectivity index (χ2n) is 7.16. The summed E-state index contributed by atoms with van der Waals surface area (Å²) in [6.45, 7) is 4.46. The van der Waals surface area contributed by atoms with E-state index in [1.54, 1.807) is 18.2 Å². The Kier molecular flexibility index (Phi) is 6.10. The number of carbonyl (C=O) groups excluding carboxylic acids is 1. The van der Waals surface area contributed by atoms with E-state index in [9.17, 15) is 4.79 Å². The van der Waals surface area contributed by atoms with Crippen molar-refractivity contribution in [2.75, 3.05) is 25.0 Å². The summed E-state index contributed by atoms with van der Waals surface area (Å²) in [5, 5.41) is 4.88. The van der Waals surface area contributed by atoms with Crippen LogP contribution < -0.4 is 5.32 Å². The summed E-state index contributed by atoms with van der Waals surface area (Å²) in [5.41, 5.74) is 2.45. The second-order valence-corrected chi connectivity index (χ2v) is 8.00. The number of rotatable bonds is 4. The molecule has 4 rings (SSSR count). The Bertz CT molecular complexity index is 1100. The van der Waals surface area contributed by atoms with Gasteiger partial charge in [0.15, 0.2) is 0 Å². The summed E-state index contributed by atoms with van der Waals surface area (Å²) in [6, 6.07) is 13.0. The van der Waals surface area contributed by atoms with Crippen molar-refractivity contribution in [1.82, 2.24) is 9.47 Å². The molecule has 0 radical (unpaired) electrons. The van der Waals surface area contributed by atoms with E-state index < -0.39 is 0 Å². The average molecular weight is 426 g/mol. The van der Waals surface area contributed by atoms with Crippen molar-refractivity contribution in [2.45, 2.75) is 19.4 Å². The van der Waals surface area contributed by atoms with Gasteiger partial charge < -0.3 is 14.8 Å². The summed E-state index contributed by atoms with van der Waals surface area (Å²) in [4.78, 5) is 14.7. The first-order valence-corrected chi connectivity index (χ1v) is 10.4. The fourth-order valence-corrected chi connectivity index (χ4v) is 4.06. The molecule has 0 unspecified atom stereocenters. The predicted molar refractivity (Wildman–Crippen MR) is 120 cm³/mol. The summed E-state index contributed by atoms with van der Waals surface area (Å²) in [7, 11) is 0. The molecule has 1 N–H and O–H groups in total. The maximum absolute atomic E-state index is 12.2. The second kappa shape index (κ2) is 8.92. The van der Waals surface area contributed by atoms with Gasteiger partial charge in [0, 0.05) is 52.4 Å². The molecule has 0 atom stereocenters. The molecule has 4 nitrogen and oxygen atoms in total. The Morgan fingerprint density at radius 2 is 1.86 bits per heavy atom. The average Bonchev–Trinajstić information content (AvgIpc) is 3.35. The highest BCUT2D eigenvalue weighted by Crippen LogP contribution is 2.22. The van der Waals surface area contributed by atoms with Gasteiger partial charge >= 0.3 is 5.91 Å². The Morgan fingerprint density at radius 1 is 1.03 bits per heavy atom. The van der Waals surface area contributed by atoms with Crippen molar-refractivity contribution in [2.24, 2.45) is 0 Å². The zero-order valence-electron chi connectivity index (χ0n) is 15.9. The zero-order valence-corrected chi connectivity index (χ0v) is 17.4. The van der Waals surface area contributed by atoms with Gasteiger partial charge in [0.25, 0.3) is 0 Å². The minimum atomic E-state index is -0.385. The lowest BCUT2D eigenvalue weighted by Crippen LogP contribution is -2.23. The summed E-state index contributed by atoms with van der Waals surface area (Å²) >= 11 is 12.0. The van der Waals surface area contributed by atoms with Gasteiger partial charge in [0.1, 0.15) is 0 Å². The fraction of sp³-hybridized carbons (Fsp3) is 0.261. The van der Waals surface area contributed by atoms with Crippen LogP contribution in [0.2, 0.25) is 10.0 Å². The van der Waals surface area contributed by atoms with Crippen LogP contribution in [0.15, 0.2) is 48.7 Å². The molecule has 148 valence electrons. The number of anilines is 1. The van der Waals surface area contributed by atoms with Crippen LogP contribution in [0.25, 0.3) is 10.9 Å². The summed E-state index contributed by atoms with van der Waals surface area (Å²) in [6.07, 6.45) is 4.72. The highest BCUT2D eigenvalue weighted by Gasteiger charge is 2.11. The topological polar surface area (TPSA) is 37.3 Å². The summed E-state index contributed by atoms with van der Waals surface area (Å²) < 4.78 is 2.27. The number of carbonyl (C=O) groups is 1. The van der Waals surface area contributed by atoms with Crippen LogP contribution >= 0.6 is 23.2 Å². The van der Waals surface area contributed by atoms with Gasteiger partial charge in [-0.2, -0.15) is 0 Å². The minimum absolute atomic E-state index is 0.385. The van der Waals surface area contributed by atoms with E-state index in [-0.39, 0.29) is 5.91 Å². The van der Waals surface area contributed by atoms with Crippen LogP contribution in [-0.4, -0.2) is 35.0 Å². The van der Waals surface area contributed by atoms with Crippen molar-refractivity contribution < 1.29 is 4.79 Å². The van der Waals surface area contributed by atoms with Crippen LogP contribution in [0.3, 0.4) is 0 Å². The highest BCUT2D eigenvalue weighted by atomic mass is 35.5. The Morgan fingerprint density at radius 3 is 2.66 bits per heavy atom. The van der Waals surface area contributed by atoms with Gasteiger partial charge in [-0.1, -0.05) is 29.1 Å². The van der Waals surface area contributed by atoms with E-state index >= 15 is 0 Å². The van der Waals surface area contributed by atoms with Crippen LogP contribution in [0, 0.1) is 11.8 Å². The molecule has 1 aromatic heterocycles. The van der Waals surface area contributed by atoms with Crippen molar-refractivity contribution in [3.8, 4) is 11.8 Å². The first kappa shape index (κ1) is 19.8. The van der Waals surface area contributed by atoms with Crippen LogP contribution in [-0.2, 0) is 11.3 Å². The third-order valence-corrected chi connectivity index (χ3v) is 5.67. The molecule has 0 spiro atoms. The largest absolute Gasteiger partial charge is 0.346 e. The molecule has 2 heterocycles. The number of nitrogens with one attached hydrogen (secondary N) is 1. The van der Waals surface area contributed by atoms with E-state index in [4.69, 9.17) is 23.2 Å². The van der Waals surface area contributed by atoms with E-state index in [0.717, 1.165) is 24.2 Å². The molecule has 1 amide bonds. The standard InChI is InChI=1S/C23H21Cl2N3O/c24-19-5-3-17(21(25)16-19)4-8-23(29)26-20-6-7-22-18(15-20)9-12-28(22)14-13-27-10-1-2-11-27/h3,5-7,9,12,15-16H,1-2,10-11,13-14H2,(H,26,29). The van der Waals surface area contributed by atoms with Gasteiger partial charge in [-0.15, -0.1) is 0 Å². The molecule has 0 bridgehead atoms. The van der Waals surface area contributed by atoms with Gasteiger partial charge in [0.05, 0.1) is 5.02 Å². The Balaban J connectivity index is 1.42. The minimum Gasteiger partial charge on any atom is -0.346 e. The van der Waals surface area contributed by atoms with Gasteiger partial charge in [-0.05, 0) is 68.4 Å². The van der Waals surface area contributed by atoms with Gasteiger partial charge in [-0.3, -0.25) is 4.79 Å². The van der Waals surface area contributed by atoms with Crippen LogP contribution in [0.4, 0.5) is 5.69 Å². The molecule has 1 aliphatic rings. The van der Waals surface area contributed by atoms with Gasteiger partial charge in [0.2, 0.25) is 0 Å². The number of likely N-dealkylation sites (tertiary alicyclic amines) is 1. The Hall–Kier alpha value is -2.45. The molecule has 29 heavy (non-hydrogen) atoms. The van der Waals surface area contributed by atoms with Crippen molar-refractivity contribution in [3.05, 3.63) is 64.3 Å². The van der Waals surface area contributed by atoms with Crippen molar-refractivity contribution >= 4 is 45.7 Å². The van der Waals surface area contributed by atoms with Crippen LogP contribution in [0.5, 0.6) is 0 Å². The monoisotopic (exact) mass is 425 g/mol. The maximum Gasteiger partial charge on any atom is 0.300 e. The fourth-order valence-electron chi connectivity index (χ4n) is 3.61. The number of fused-ring (bicyclic) bond motifs is 1. The number of aromatic nitrogens is 1. The van der Waals surface area contributed by atoms with E-state index in [1.807, 2.05) is 18.2 Å². The third kappa shape index (κ3) is 4.94. The molecule has 0 saturated carbocycles. The first-order chi connectivity index (χ1) is 14.1. The molecule has 2 aromatic carbocycles. The van der Waals surface area contributed by atoms with Crippen molar-refractivity contribution in [3.63, 3.8) is 0 Å². The number of hydrogen-bond acceptors (Lipinski definition) is 2. The third-order valence-electron chi connectivity index (χ3n) is 5.13. The number of hydrogen-bond donors (Lipinski definition) is 1. The molecule has 1 fully saturated rings. The van der Waals surface area contributed by atoms with E-state index in [2.05, 4.69) is 38.9 Å². The molecule has 3 aromatic rings. The molecular weight excluding hydrogens is 405 g/mol. The van der Waals surface area contributed by atoms with Gasteiger partial charge in [-0.25, -0.2) is 0 Å². The molecule has 6 heteroatoms. The quantitative estimate of drug-likeness (QED) is 0.594. The predicted octanol–water partition coefficient (Wildman–Crippen LogP) is 5.03. The van der Waals surface area contributed by atoms with E-state index in [1.165, 1.54) is 31.4 Å². The molecule has 1 saturated heterocycles. The molecule has 1 aliphatic heterocycles. The molecular formula is C23H21Cl2N3O. The number of halogens is 2. The lowest BCUT2D eigenvalue weighted by molar-refractivity contribution is -0.111. The van der Waals surface area contributed by atoms with Crippen LogP contribution in [0.1, 0.15) is 18.4 Å². The molecule has 0 aliphatic carbocycles. The summed E-state index contributed by atoms with van der Waals surface area (Å²) in [5.74, 6) is 4.97.